The quantitative estimate of drug-likeness (QED) is 0.677. The van der Waals surface area contributed by atoms with Gasteiger partial charge < -0.3 is 0 Å². The Morgan fingerprint density at radius 1 is 1.38 bits per heavy atom. The zero-order valence-electron chi connectivity index (χ0n) is 8.51. The van der Waals surface area contributed by atoms with Crippen LogP contribution in [0.25, 0.3) is 0 Å². The minimum atomic E-state index is -0.183. The van der Waals surface area contributed by atoms with E-state index in [0.717, 1.165) is 0 Å². The minimum absolute atomic E-state index is 0.147. The van der Waals surface area contributed by atoms with E-state index in [1.54, 1.807) is 12.1 Å². The van der Waals surface area contributed by atoms with Crippen LogP contribution < -0.4 is 0 Å². The molecule has 1 aromatic rings. The molecule has 1 aliphatic rings. The van der Waals surface area contributed by atoms with Crippen molar-refractivity contribution in [3.8, 4) is 6.07 Å². The molecule has 0 aromatic carbocycles. The van der Waals surface area contributed by atoms with Gasteiger partial charge >= 0.3 is 0 Å². The molecule has 0 aliphatic carbocycles. The van der Waals surface area contributed by atoms with Crippen molar-refractivity contribution >= 4 is 11.8 Å². The van der Waals surface area contributed by atoms with Gasteiger partial charge in [0.15, 0.2) is 0 Å². The van der Waals surface area contributed by atoms with Crippen LogP contribution in [0.1, 0.15) is 24.1 Å². The Hall–Kier alpha value is -2.22. The first kappa shape index (κ1) is 10.3. The van der Waals surface area contributed by atoms with E-state index < -0.39 is 0 Å². The lowest BCUT2D eigenvalue weighted by Crippen LogP contribution is -2.28. The van der Waals surface area contributed by atoms with E-state index in [1.807, 2.05) is 6.07 Å². The standard InChI is InChI=1S/C11H9N3O2/c12-6-9-8(2-1-5-13-9)7-14-10(15)3-4-11(14)16/h1-2,5H,3-4,7H2. The monoisotopic (exact) mass is 215 g/mol. The first-order valence-corrected chi connectivity index (χ1v) is 4.89. The molecule has 16 heavy (non-hydrogen) atoms. The van der Waals surface area contributed by atoms with Crippen LogP contribution in [0.3, 0.4) is 0 Å². The molecule has 1 fully saturated rings. The highest BCUT2D eigenvalue weighted by atomic mass is 16.2. The largest absolute Gasteiger partial charge is 0.278 e. The van der Waals surface area contributed by atoms with Gasteiger partial charge in [0.25, 0.3) is 0 Å². The van der Waals surface area contributed by atoms with Crippen molar-refractivity contribution in [3.63, 3.8) is 0 Å². The van der Waals surface area contributed by atoms with Gasteiger partial charge in [-0.25, -0.2) is 4.98 Å². The molecule has 2 heterocycles. The van der Waals surface area contributed by atoms with Crippen molar-refractivity contribution < 1.29 is 9.59 Å². The number of nitrogens with zero attached hydrogens (tertiary/aromatic N) is 3. The van der Waals surface area contributed by atoms with Gasteiger partial charge in [-0.15, -0.1) is 0 Å². The Labute approximate surface area is 92.3 Å². The number of hydrogen-bond donors (Lipinski definition) is 0. The Morgan fingerprint density at radius 2 is 2.06 bits per heavy atom. The Balaban J connectivity index is 2.24. The number of rotatable bonds is 2. The topological polar surface area (TPSA) is 74.1 Å². The second kappa shape index (κ2) is 4.11. The first-order valence-electron chi connectivity index (χ1n) is 4.89. The molecular weight excluding hydrogens is 206 g/mol. The third-order valence-electron chi connectivity index (χ3n) is 2.48. The number of pyridine rings is 1. The fourth-order valence-corrected chi connectivity index (χ4v) is 1.64. The molecule has 2 rings (SSSR count). The van der Waals surface area contributed by atoms with E-state index in [2.05, 4.69) is 4.98 Å². The summed E-state index contributed by atoms with van der Waals surface area (Å²) in [6, 6.07) is 5.32. The van der Waals surface area contributed by atoms with E-state index in [-0.39, 0.29) is 36.9 Å². The summed E-state index contributed by atoms with van der Waals surface area (Å²) in [7, 11) is 0. The van der Waals surface area contributed by atoms with Crippen molar-refractivity contribution in [2.75, 3.05) is 0 Å². The predicted molar refractivity (Wildman–Crippen MR) is 53.7 cm³/mol. The van der Waals surface area contributed by atoms with Crippen molar-refractivity contribution in [3.05, 3.63) is 29.6 Å². The number of nitriles is 1. The highest BCUT2D eigenvalue weighted by Crippen LogP contribution is 2.16. The van der Waals surface area contributed by atoms with Crippen molar-refractivity contribution in [1.82, 2.24) is 9.88 Å². The van der Waals surface area contributed by atoms with Crippen LogP contribution in [0.15, 0.2) is 18.3 Å². The summed E-state index contributed by atoms with van der Waals surface area (Å²) in [6.45, 7) is 0.147. The maximum absolute atomic E-state index is 11.4. The number of carbonyl (C=O) groups is 2. The number of imide groups is 1. The molecule has 0 unspecified atom stereocenters. The van der Waals surface area contributed by atoms with Gasteiger partial charge in [-0.1, -0.05) is 6.07 Å². The average molecular weight is 215 g/mol. The molecular formula is C11H9N3O2. The van der Waals surface area contributed by atoms with Crippen LogP contribution in [0.5, 0.6) is 0 Å². The summed E-state index contributed by atoms with van der Waals surface area (Å²) in [5.41, 5.74) is 0.864. The van der Waals surface area contributed by atoms with Crippen molar-refractivity contribution in [2.24, 2.45) is 0 Å². The smallest absolute Gasteiger partial charge is 0.229 e. The van der Waals surface area contributed by atoms with Gasteiger partial charge in [-0.2, -0.15) is 5.26 Å². The third-order valence-corrected chi connectivity index (χ3v) is 2.48. The Bertz CT molecular complexity index is 474. The fraction of sp³-hybridized carbons (Fsp3) is 0.273. The van der Waals surface area contributed by atoms with Gasteiger partial charge in [0.1, 0.15) is 11.8 Å². The predicted octanol–water partition coefficient (Wildman–Crippen LogP) is 0.602. The lowest BCUT2D eigenvalue weighted by Gasteiger charge is -2.13. The second-order valence-electron chi connectivity index (χ2n) is 3.50. The summed E-state index contributed by atoms with van der Waals surface area (Å²) in [4.78, 5) is 27.8. The van der Waals surface area contributed by atoms with Gasteiger partial charge in [0.2, 0.25) is 11.8 Å². The van der Waals surface area contributed by atoms with E-state index in [4.69, 9.17) is 5.26 Å². The molecule has 1 saturated heterocycles. The summed E-state index contributed by atoms with van der Waals surface area (Å²) in [6.07, 6.45) is 2.04. The highest BCUT2D eigenvalue weighted by Gasteiger charge is 2.29. The Morgan fingerprint density at radius 3 is 2.69 bits per heavy atom. The molecule has 0 spiro atoms. The van der Waals surface area contributed by atoms with Crippen molar-refractivity contribution in [1.29, 1.82) is 5.26 Å². The number of aromatic nitrogens is 1. The summed E-state index contributed by atoms with van der Waals surface area (Å²) in [5, 5.41) is 8.82. The molecule has 0 saturated carbocycles. The molecule has 1 aromatic heterocycles. The van der Waals surface area contributed by atoms with Crippen LogP contribution in [-0.4, -0.2) is 21.7 Å². The number of likely N-dealkylation sites (tertiary alicyclic amines) is 1. The molecule has 0 N–H and O–H groups in total. The van der Waals surface area contributed by atoms with E-state index in [0.29, 0.717) is 5.56 Å². The summed E-state index contributed by atoms with van der Waals surface area (Å²) in [5.74, 6) is -0.365. The molecule has 0 bridgehead atoms. The minimum Gasteiger partial charge on any atom is -0.278 e. The average Bonchev–Trinajstić information content (AvgIpc) is 2.61. The molecule has 0 atom stereocenters. The zero-order valence-corrected chi connectivity index (χ0v) is 8.51. The van der Waals surface area contributed by atoms with Crippen LogP contribution in [0.2, 0.25) is 0 Å². The van der Waals surface area contributed by atoms with E-state index in [1.165, 1.54) is 11.1 Å². The zero-order chi connectivity index (χ0) is 11.5. The third kappa shape index (κ3) is 1.77. The number of amides is 2. The summed E-state index contributed by atoms with van der Waals surface area (Å²) >= 11 is 0. The van der Waals surface area contributed by atoms with Crippen LogP contribution in [0.4, 0.5) is 0 Å². The van der Waals surface area contributed by atoms with Gasteiger partial charge in [0, 0.05) is 24.6 Å². The fourth-order valence-electron chi connectivity index (χ4n) is 1.64. The number of carbonyl (C=O) groups excluding carboxylic acids is 2. The molecule has 2 amide bonds. The van der Waals surface area contributed by atoms with Gasteiger partial charge in [-0.3, -0.25) is 14.5 Å². The van der Waals surface area contributed by atoms with Gasteiger partial charge in [-0.05, 0) is 6.07 Å². The highest BCUT2D eigenvalue weighted by molar-refractivity contribution is 6.01. The number of hydrogen-bond acceptors (Lipinski definition) is 4. The molecule has 1 aliphatic heterocycles. The lowest BCUT2D eigenvalue weighted by molar-refractivity contribution is -0.139. The van der Waals surface area contributed by atoms with Crippen LogP contribution >= 0.6 is 0 Å². The SMILES string of the molecule is N#Cc1ncccc1CN1C(=O)CCC1=O. The lowest BCUT2D eigenvalue weighted by atomic mass is 10.2. The Kier molecular flexibility index (Phi) is 2.64. The van der Waals surface area contributed by atoms with E-state index >= 15 is 0 Å². The van der Waals surface area contributed by atoms with Crippen LogP contribution in [-0.2, 0) is 16.1 Å². The normalized spacial score (nSPS) is 15.3. The molecule has 80 valence electrons. The first-order chi connectivity index (χ1) is 7.72. The molecule has 5 heteroatoms. The maximum Gasteiger partial charge on any atom is 0.229 e. The maximum atomic E-state index is 11.4. The second-order valence-corrected chi connectivity index (χ2v) is 3.50. The van der Waals surface area contributed by atoms with Gasteiger partial charge in [0.05, 0.1) is 6.54 Å². The molecule has 0 radical (unpaired) electrons. The molecule has 5 nitrogen and oxygen atoms in total. The van der Waals surface area contributed by atoms with Crippen LogP contribution in [0, 0.1) is 11.3 Å². The van der Waals surface area contributed by atoms with Crippen molar-refractivity contribution in [2.45, 2.75) is 19.4 Å². The summed E-state index contributed by atoms with van der Waals surface area (Å²) < 4.78 is 0. The van der Waals surface area contributed by atoms with E-state index in [9.17, 15) is 9.59 Å².